The van der Waals surface area contributed by atoms with Crippen molar-refractivity contribution in [1.29, 1.82) is 0 Å². The van der Waals surface area contributed by atoms with E-state index in [1.165, 1.54) is 0 Å². The smallest absolute Gasteiger partial charge is 0.332 e. The van der Waals surface area contributed by atoms with E-state index in [9.17, 15) is 4.79 Å². The van der Waals surface area contributed by atoms with E-state index < -0.39 is 12.3 Å². The second-order valence-corrected chi connectivity index (χ2v) is 1.27. The highest BCUT2D eigenvalue weighted by Crippen LogP contribution is 1.87. The summed E-state index contributed by atoms with van der Waals surface area (Å²) in [5, 5.41) is 8.55. The highest BCUT2D eigenvalue weighted by atomic mass is 16.6. The average Bonchev–Trinajstić information content (AvgIpc) is 1.87. The number of hydrogen-bond donors (Lipinski definition) is 1. The highest BCUT2D eigenvalue weighted by Gasteiger charge is 2.00. The van der Waals surface area contributed by atoms with Crippen LogP contribution in [-0.2, 0) is 9.53 Å². The van der Waals surface area contributed by atoms with Crippen LogP contribution in [0.15, 0.2) is 25.3 Å². The van der Waals surface area contributed by atoms with Gasteiger partial charge in [0.2, 0.25) is 6.29 Å². The summed E-state index contributed by atoms with van der Waals surface area (Å²) in [6.07, 6.45) is 0.837. The summed E-state index contributed by atoms with van der Waals surface area (Å²) in [5.41, 5.74) is 0. The zero-order chi connectivity index (χ0) is 7.28. The fraction of sp³-hybridized carbons (Fsp3) is 0.286. The van der Waals surface area contributed by atoms with Crippen molar-refractivity contribution in [3.8, 4) is 0 Å². The molecule has 3 nitrogen and oxygen atoms in total. The normalized spacial score (nSPS) is 10.5. The van der Waals surface area contributed by atoms with Crippen LogP contribution in [-0.4, -0.2) is 17.4 Å². The maximum Gasteiger partial charge on any atom is 0.332 e. The Balaban J connectivity index is 0. The van der Waals surface area contributed by atoms with E-state index in [0.717, 1.165) is 12.2 Å². The van der Waals surface area contributed by atoms with Crippen molar-refractivity contribution in [3.05, 3.63) is 25.3 Å². The van der Waals surface area contributed by atoms with Gasteiger partial charge in [-0.25, -0.2) is 4.79 Å². The fourth-order valence-electron chi connectivity index (χ4n) is 0.215. The molecule has 0 aromatic rings. The molecule has 0 aliphatic carbocycles. The summed E-state index contributed by atoms with van der Waals surface area (Å²) in [7, 11) is 0. The maximum atomic E-state index is 10.2. The summed E-state index contributed by atoms with van der Waals surface area (Å²) in [6, 6.07) is 0. The lowest BCUT2D eigenvalue weighted by Gasteiger charge is -2.02. The number of hydrogen-bond acceptors (Lipinski definition) is 3. The quantitative estimate of drug-likeness (QED) is 0.276. The van der Waals surface area contributed by atoms with Crippen molar-refractivity contribution in [1.82, 2.24) is 0 Å². The van der Waals surface area contributed by atoms with Crippen molar-refractivity contribution >= 4 is 5.97 Å². The molecule has 1 N–H and O–H groups in total. The molecule has 0 heterocycles. The van der Waals surface area contributed by atoms with Crippen LogP contribution in [0.1, 0.15) is 7.43 Å². The summed E-state index contributed by atoms with van der Waals surface area (Å²) in [5.74, 6) is -0.664. The number of carbonyl (C=O) groups excluding carboxylic acids is 1. The number of aliphatic hydroxyl groups is 1. The average molecular weight is 144 g/mol. The second-order valence-electron chi connectivity index (χ2n) is 1.27. The molecule has 0 aliphatic rings. The minimum atomic E-state index is -1.23. The van der Waals surface area contributed by atoms with Gasteiger partial charge in [-0.15, -0.1) is 0 Å². The van der Waals surface area contributed by atoms with Gasteiger partial charge in [0.1, 0.15) is 0 Å². The van der Waals surface area contributed by atoms with Gasteiger partial charge in [0, 0.05) is 6.08 Å². The van der Waals surface area contributed by atoms with E-state index in [1.807, 2.05) is 0 Å². The Hall–Kier alpha value is -1.09. The SMILES string of the molecule is C.C=CC(=O)OC(O)C=C. The molecule has 0 aromatic heterocycles. The minimum Gasteiger partial charge on any atom is -0.429 e. The van der Waals surface area contributed by atoms with Crippen molar-refractivity contribution in [2.45, 2.75) is 13.7 Å². The number of aliphatic hydroxyl groups excluding tert-OH is 1. The van der Waals surface area contributed by atoms with Gasteiger partial charge in [-0.1, -0.05) is 20.6 Å². The molecule has 1 unspecified atom stereocenters. The van der Waals surface area contributed by atoms with Crippen LogP contribution < -0.4 is 0 Å². The fourth-order valence-corrected chi connectivity index (χ4v) is 0.215. The summed E-state index contributed by atoms with van der Waals surface area (Å²) < 4.78 is 4.23. The van der Waals surface area contributed by atoms with Crippen molar-refractivity contribution < 1.29 is 14.6 Å². The second kappa shape index (κ2) is 6.04. The third-order valence-electron chi connectivity index (χ3n) is 0.605. The Morgan fingerprint density at radius 1 is 1.60 bits per heavy atom. The van der Waals surface area contributed by atoms with Crippen molar-refractivity contribution in [2.24, 2.45) is 0 Å². The first-order chi connectivity index (χ1) is 4.20. The van der Waals surface area contributed by atoms with Crippen LogP contribution in [0.4, 0.5) is 0 Å². The Bertz CT molecular complexity index is 129. The number of esters is 1. The van der Waals surface area contributed by atoms with Gasteiger partial charge in [-0.05, 0) is 6.08 Å². The molecule has 10 heavy (non-hydrogen) atoms. The molecule has 0 saturated carbocycles. The number of carbonyl (C=O) groups is 1. The lowest BCUT2D eigenvalue weighted by atomic mass is 10.6. The van der Waals surface area contributed by atoms with Crippen molar-refractivity contribution in [3.63, 3.8) is 0 Å². The molecule has 0 amide bonds. The molecule has 58 valence electrons. The first-order valence-corrected chi connectivity index (χ1v) is 2.34. The highest BCUT2D eigenvalue weighted by molar-refractivity contribution is 5.81. The molecular formula is C7H12O3. The molecule has 1 atom stereocenters. The lowest BCUT2D eigenvalue weighted by molar-refractivity contribution is -0.154. The van der Waals surface area contributed by atoms with E-state index in [-0.39, 0.29) is 7.43 Å². The monoisotopic (exact) mass is 144 g/mol. The van der Waals surface area contributed by atoms with E-state index in [4.69, 9.17) is 5.11 Å². The maximum absolute atomic E-state index is 10.2. The predicted octanol–water partition coefficient (Wildman–Crippen LogP) is 0.856. The van der Waals surface area contributed by atoms with E-state index in [1.54, 1.807) is 0 Å². The third kappa shape index (κ3) is 5.05. The van der Waals surface area contributed by atoms with Gasteiger partial charge in [-0.2, -0.15) is 0 Å². The number of ether oxygens (including phenoxy) is 1. The lowest BCUT2D eigenvalue weighted by Crippen LogP contribution is -2.12. The van der Waals surface area contributed by atoms with E-state index in [2.05, 4.69) is 17.9 Å². The van der Waals surface area contributed by atoms with Crippen LogP contribution in [0, 0.1) is 0 Å². The molecule has 0 spiro atoms. The Labute approximate surface area is 60.6 Å². The first kappa shape index (κ1) is 11.7. The van der Waals surface area contributed by atoms with Crippen molar-refractivity contribution in [2.75, 3.05) is 0 Å². The van der Waals surface area contributed by atoms with Crippen LogP contribution in [0.25, 0.3) is 0 Å². The van der Waals surface area contributed by atoms with Crippen LogP contribution >= 0.6 is 0 Å². The van der Waals surface area contributed by atoms with Crippen LogP contribution in [0.2, 0.25) is 0 Å². The molecule has 3 heteroatoms. The van der Waals surface area contributed by atoms with Crippen LogP contribution in [0.3, 0.4) is 0 Å². The zero-order valence-corrected chi connectivity index (χ0v) is 4.91. The largest absolute Gasteiger partial charge is 0.429 e. The molecule has 0 aliphatic heterocycles. The summed E-state index contributed by atoms with van der Waals surface area (Å²) in [6.45, 7) is 6.31. The molecule has 0 bridgehead atoms. The van der Waals surface area contributed by atoms with E-state index >= 15 is 0 Å². The summed E-state index contributed by atoms with van der Waals surface area (Å²) in [4.78, 5) is 10.2. The predicted molar refractivity (Wildman–Crippen MR) is 39.2 cm³/mol. The van der Waals surface area contributed by atoms with Crippen LogP contribution in [0.5, 0.6) is 0 Å². The van der Waals surface area contributed by atoms with Gasteiger partial charge < -0.3 is 9.84 Å². The Morgan fingerprint density at radius 2 is 2.10 bits per heavy atom. The van der Waals surface area contributed by atoms with Gasteiger partial charge in [0.25, 0.3) is 0 Å². The van der Waals surface area contributed by atoms with E-state index in [0.29, 0.717) is 0 Å². The molecular weight excluding hydrogens is 132 g/mol. The Morgan fingerprint density at radius 3 is 2.40 bits per heavy atom. The summed E-state index contributed by atoms with van der Waals surface area (Å²) >= 11 is 0. The molecule has 0 aromatic carbocycles. The zero-order valence-electron chi connectivity index (χ0n) is 4.91. The van der Waals surface area contributed by atoms with Gasteiger partial charge >= 0.3 is 5.97 Å². The number of rotatable bonds is 3. The topological polar surface area (TPSA) is 46.5 Å². The van der Waals surface area contributed by atoms with Gasteiger partial charge in [-0.3, -0.25) is 0 Å². The molecule has 0 rings (SSSR count). The standard InChI is InChI=1S/C6H8O3.CH4/c1-3-5(7)9-6(8)4-2;/h3-5,7H,1-2H2;1H4. The molecule has 0 fully saturated rings. The van der Waals surface area contributed by atoms with Gasteiger partial charge in [0.15, 0.2) is 0 Å². The molecule has 0 radical (unpaired) electrons. The minimum absolute atomic E-state index is 0. The van der Waals surface area contributed by atoms with Gasteiger partial charge in [0.05, 0.1) is 0 Å². The third-order valence-corrected chi connectivity index (χ3v) is 0.605. The molecule has 0 saturated heterocycles. The first-order valence-electron chi connectivity index (χ1n) is 2.34. The Kier molecular flexibility index (Phi) is 7.05.